The van der Waals surface area contributed by atoms with Crippen molar-refractivity contribution in [1.82, 2.24) is 0 Å². The fourth-order valence-electron chi connectivity index (χ4n) is 1.32. The van der Waals surface area contributed by atoms with Crippen molar-refractivity contribution in [1.29, 1.82) is 0 Å². The van der Waals surface area contributed by atoms with Crippen LogP contribution in [-0.2, 0) is 6.42 Å². The normalized spacial score (nSPS) is 12.9. The van der Waals surface area contributed by atoms with Gasteiger partial charge in [0.05, 0.1) is 6.10 Å². The molecule has 1 rings (SSSR count). The van der Waals surface area contributed by atoms with E-state index in [0.717, 1.165) is 17.5 Å². The molecule has 0 heterocycles. The summed E-state index contributed by atoms with van der Waals surface area (Å²) in [5, 5.41) is 9.39. The van der Waals surface area contributed by atoms with Gasteiger partial charge in [-0.05, 0) is 31.0 Å². The lowest BCUT2D eigenvalue weighted by atomic mass is 10.0. The topological polar surface area (TPSA) is 46.2 Å². The van der Waals surface area contributed by atoms with Gasteiger partial charge in [-0.15, -0.1) is 0 Å². The van der Waals surface area contributed by atoms with Crippen LogP contribution >= 0.6 is 0 Å². The SMILES string of the molecule is CC(O)c1ccccc1CCN. The van der Waals surface area contributed by atoms with Crippen molar-refractivity contribution in [2.45, 2.75) is 19.4 Å². The lowest BCUT2D eigenvalue weighted by Gasteiger charge is -2.10. The molecule has 1 aromatic rings. The molecule has 12 heavy (non-hydrogen) atoms. The maximum absolute atomic E-state index is 9.39. The monoisotopic (exact) mass is 165 g/mol. The molecular formula is C10H15NO. The van der Waals surface area contributed by atoms with E-state index in [1.165, 1.54) is 0 Å². The summed E-state index contributed by atoms with van der Waals surface area (Å²) in [5.74, 6) is 0. The van der Waals surface area contributed by atoms with Crippen LogP contribution < -0.4 is 5.73 Å². The van der Waals surface area contributed by atoms with Crippen molar-refractivity contribution < 1.29 is 5.11 Å². The molecule has 0 saturated heterocycles. The second-order valence-electron chi connectivity index (χ2n) is 2.91. The van der Waals surface area contributed by atoms with E-state index in [0.29, 0.717) is 6.54 Å². The number of nitrogens with two attached hydrogens (primary N) is 1. The zero-order valence-electron chi connectivity index (χ0n) is 7.33. The molecular weight excluding hydrogens is 150 g/mol. The first-order valence-corrected chi connectivity index (χ1v) is 4.21. The van der Waals surface area contributed by atoms with Crippen LogP contribution in [0.5, 0.6) is 0 Å². The summed E-state index contributed by atoms with van der Waals surface area (Å²) < 4.78 is 0. The fraction of sp³-hybridized carbons (Fsp3) is 0.400. The van der Waals surface area contributed by atoms with Crippen molar-refractivity contribution in [3.8, 4) is 0 Å². The minimum atomic E-state index is -0.396. The lowest BCUT2D eigenvalue weighted by molar-refractivity contribution is 0.198. The Morgan fingerprint density at radius 2 is 2.08 bits per heavy atom. The molecule has 1 atom stereocenters. The summed E-state index contributed by atoms with van der Waals surface area (Å²) >= 11 is 0. The molecule has 0 aliphatic heterocycles. The molecule has 0 spiro atoms. The van der Waals surface area contributed by atoms with Crippen LogP contribution in [0.1, 0.15) is 24.2 Å². The molecule has 66 valence electrons. The molecule has 3 N–H and O–H groups in total. The van der Waals surface area contributed by atoms with Crippen LogP contribution in [0.15, 0.2) is 24.3 Å². The largest absolute Gasteiger partial charge is 0.389 e. The van der Waals surface area contributed by atoms with Crippen molar-refractivity contribution in [2.75, 3.05) is 6.54 Å². The Hall–Kier alpha value is -0.860. The molecule has 0 aliphatic carbocycles. The first kappa shape index (κ1) is 9.23. The molecule has 0 aliphatic rings. The van der Waals surface area contributed by atoms with Gasteiger partial charge in [-0.2, -0.15) is 0 Å². The van der Waals surface area contributed by atoms with E-state index in [1.54, 1.807) is 6.92 Å². The van der Waals surface area contributed by atoms with Gasteiger partial charge < -0.3 is 10.8 Å². The highest BCUT2D eigenvalue weighted by molar-refractivity contribution is 5.28. The highest BCUT2D eigenvalue weighted by Crippen LogP contribution is 2.17. The maximum Gasteiger partial charge on any atom is 0.0764 e. The lowest BCUT2D eigenvalue weighted by Crippen LogP contribution is -2.06. The number of hydrogen-bond acceptors (Lipinski definition) is 2. The van der Waals surface area contributed by atoms with Crippen LogP contribution in [0.25, 0.3) is 0 Å². The molecule has 1 unspecified atom stereocenters. The number of benzene rings is 1. The van der Waals surface area contributed by atoms with E-state index in [-0.39, 0.29) is 0 Å². The average Bonchev–Trinajstić information content (AvgIpc) is 2.05. The van der Waals surface area contributed by atoms with Gasteiger partial charge >= 0.3 is 0 Å². The molecule has 0 fully saturated rings. The predicted molar refractivity (Wildman–Crippen MR) is 49.8 cm³/mol. The van der Waals surface area contributed by atoms with Crippen molar-refractivity contribution in [2.24, 2.45) is 5.73 Å². The Balaban J connectivity index is 2.92. The second kappa shape index (κ2) is 4.24. The molecule has 0 amide bonds. The third-order valence-electron chi connectivity index (χ3n) is 1.92. The number of hydrogen-bond donors (Lipinski definition) is 2. The van der Waals surface area contributed by atoms with Gasteiger partial charge in [0.25, 0.3) is 0 Å². The Labute approximate surface area is 73.0 Å². The first-order valence-electron chi connectivity index (χ1n) is 4.21. The standard InChI is InChI=1S/C10H15NO/c1-8(12)10-5-3-2-4-9(10)6-7-11/h2-5,8,12H,6-7,11H2,1H3. The number of aliphatic hydroxyl groups excluding tert-OH is 1. The van der Waals surface area contributed by atoms with Crippen LogP contribution in [0.3, 0.4) is 0 Å². The zero-order valence-corrected chi connectivity index (χ0v) is 7.33. The van der Waals surface area contributed by atoms with Gasteiger partial charge in [0.15, 0.2) is 0 Å². The molecule has 2 heteroatoms. The molecule has 0 bridgehead atoms. The van der Waals surface area contributed by atoms with E-state index in [2.05, 4.69) is 0 Å². The number of rotatable bonds is 3. The second-order valence-corrected chi connectivity index (χ2v) is 2.91. The van der Waals surface area contributed by atoms with Gasteiger partial charge in [0.2, 0.25) is 0 Å². The van der Waals surface area contributed by atoms with Crippen molar-refractivity contribution >= 4 is 0 Å². The van der Waals surface area contributed by atoms with E-state index < -0.39 is 6.10 Å². The van der Waals surface area contributed by atoms with Crippen LogP contribution in [0.2, 0.25) is 0 Å². The minimum absolute atomic E-state index is 0.396. The Kier molecular flexibility index (Phi) is 3.26. The van der Waals surface area contributed by atoms with Gasteiger partial charge in [-0.25, -0.2) is 0 Å². The van der Waals surface area contributed by atoms with E-state index in [9.17, 15) is 5.11 Å². The van der Waals surface area contributed by atoms with Crippen LogP contribution in [0.4, 0.5) is 0 Å². The molecule has 1 aromatic carbocycles. The minimum Gasteiger partial charge on any atom is -0.389 e. The predicted octanol–water partition coefficient (Wildman–Crippen LogP) is 1.24. The summed E-state index contributed by atoms with van der Waals surface area (Å²) in [6.07, 6.45) is 0.439. The van der Waals surface area contributed by atoms with Gasteiger partial charge in [-0.1, -0.05) is 24.3 Å². The van der Waals surface area contributed by atoms with Gasteiger partial charge in [0.1, 0.15) is 0 Å². The quantitative estimate of drug-likeness (QED) is 0.708. The van der Waals surface area contributed by atoms with Crippen LogP contribution in [-0.4, -0.2) is 11.7 Å². The third kappa shape index (κ3) is 2.06. The first-order chi connectivity index (χ1) is 5.75. The Morgan fingerprint density at radius 1 is 1.42 bits per heavy atom. The summed E-state index contributed by atoms with van der Waals surface area (Å²) in [6, 6.07) is 7.85. The van der Waals surface area contributed by atoms with E-state index in [1.807, 2.05) is 24.3 Å². The summed E-state index contributed by atoms with van der Waals surface area (Å²) in [7, 11) is 0. The smallest absolute Gasteiger partial charge is 0.0764 e. The van der Waals surface area contributed by atoms with Crippen LogP contribution in [0, 0.1) is 0 Å². The maximum atomic E-state index is 9.39. The molecule has 0 aromatic heterocycles. The average molecular weight is 165 g/mol. The molecule has 0 radical (unpaired) electrons. The highest BCUT2D eigenvalue weighted by atomic mass is 16.3. The fourth-order valence-corrected chi connectivity index (χ4v) is 1.32. The summed E-state index contributed by atoms with van der Waals surface area (Å²) in [4.78, 5) is 0. The zero-order chi connectivity index (χ0) is 8.97. The van der Waals surface area contributed by atoms with Crippen molar-refractivity contribution in [3.05, 3.63) is 35.4 Å². The highest BCUT2D eigenvalue weighted by Gasteiger charge is 2.04. The Morgan fingerprint density at radius 3 is 2.67 bits per heavy atom. The van der Waals surface area contributed by atoms with Gasteiger partial charge in [-0.3, -0.25) is 0 Å². The number of aliphatic hydroxyl groups is 1. The molecule has 2 nitrogen and oxygen atoms in total. The third-order valence-corrected chi connectivity index (χ3v) is 1.92. The summed E-state index contributed by atoms with van der Waals surface area (Å²) in [6.45, 7) is 2.40. The Bertz CT molecular complexity index is 245. The van der Waals surface area contributed by atoms with Crippen molar-refractivity contribution in [3.63, 3.8) is 0 Å². The van der Waals surface area contributed by atoms with Gasteiger partial charge in [0, 0.05) is 0 Å². The van der Waals surface area contributed by atoms with E-state index >= 15 is 0 Å². The molecule has 0 saturated carbocycles. The van der Waals surface area contributed by atoms with E-state index in [4.69, 9.17) is 5.73 Å². The summed E-state index contributed by atoms with van der Waals surface area (Å²) in [5.41, 5.74) is 7.58.